The molecule has 0 unspecified atom stereocenters. The predicted molar refractivity (Wildman–Crippen MR) is 68.9 cm³/mol. The molecule has 0 aliphatic carbocycles. The highest BCUT2D eigenvalue weighted by Crippen LogP contribution is 2.27. The Morgan fingerprint density at radius 1 is 1.32 bits per heavy atom. The van der Waals surface area contributed by atoms with Crippen molar-refractivity contribution in [2.75, 3.05) is 7.11 Å². The van der Waals surface area contributed by atoms with E-state index in [9.17, 15) is 10.1 Å². The van der Waals surface area contributed by atoms with Crippen LogP contribution in [0.5, 0.6) is 5.75 Å². The monoisotopic (exact) mass is 262 g/mol. The lowest BCUT2D eigenvalue weighted by molar-refractivity contribution is -0.385. The predicted octanol–water partition coefficient (Wildman–Crippen LogP) is 2.49. The van der Waals surface area contributed by atoms with Crippen molar-refractivity contribution in [1.82, 2.24) is 5.32 Å². The van der Waals surface area contributed by atoms with Crippen molar-refractivity contribution in [3.63, 3.8) is 0 Å². The molecule has 0 atom stereocenters. The van der Waals surface area contributed by atoms with Gasteiger partial charge in [-0.3, -0.25) is 10.1 Å². The number of methoxy groups -OCH3 is 1. The van der Waals surface area contributed by atoms with Gasteiger partial charge in [0.25, 0.3) is 0 Å². The number of nitrogens with zero attached hydrogens (tertiary/aromatic N) is 1. The van der Waals surface area contributed by atoms with Gasteiger partial charge in [-0.05, 0) is 17.7 Å². The number of rotatable bonds is 6. The van der Waals surface area contributed by atoms with Crippen molar-refractivity contribution < 1.29 is 14.1 Å². The van der Waals surface area contributed by atoms with E-state index in [0.29, 0.717) is 13.1 Å². The molecule has 1 N–H and O–H groups in total. The number of furan rings is 1. The lowest BCUT2D eigenvalue weighted by Gasteiger charge is -2.06. The van der Waals surface area contributed by atoms with E-state index in [1.807, 2.05) is 6.07 Å². The van der Waals surface area contributed by atoms with Gasteiger partial charge in [-0.25, -0.2) is 0 Å². The van der Waals surface area contributed by atoms with Gasteiger partial charge >= 0.3 is 5.69 Å². The highest BCUT2D eigenvalue weighted by Gasteiger charge is 2.14. The van der Waals surface area contributed by atoms with Crippen molar-refractivity contribution in [2.24, 2.45) is 0 Å². The first kappa shape index (κ1) is 13.1. The Morgan fingerprint density at radius 2 is 2.11 bits per heavy atom. The van der Waals surface area contributed by atoms with Gasteiger partial charge in [0.05, 0.1) is 24.6 Å². The van der Waals surface area contributed by atoms with Crippen molar-refractivity contribution in [3.8, 4) is 5.75 Å². The van der Waals surface area contributed by atoms with Crippen LogP contribution in [0.25, 0.3) is 0 Å². The van der Waals surface area contributed by atoms with Gasteiger partial charge in [0.15, 0.2) is 5.75 Å². The fraction of sp³-hybridized carbons (Fsp3) is 0.231. The molecular weight excluding hydrogens is 248 g/mol. The zero-order valence-corrected chi connectivity index (χ0v) is 10.5. The molecule has 2 aromatic rings. The van der Waals surface area contributed by atoms with E-state index in [1.54, 1.807) is 24.7 Å². The Morgan fingerprint density at radius 3 is 2.74 bits per heavy atom. The Labute approximate surface area is 110 Å². The molecule has 19 heavy (non-hydrogen) atoms. The molecule has 100 valence electrons. The van der Waals surface area contributed by atoms with Gasteiger partial charge < -0.3 is 14.5 Å². The molecule has 6 nitrogen and oxygen atoms in total. The van der Waals surface area contributed by atoms with E-state index in [-0.39, 0.29) is 11.4 Å². The number of benzene rings is 1. The van der Waals surface area contributed by atoms with E-state index < -0.39 is 4.92 Å². The standard InChI is InChI=1S/C13H14N2O4/c1-18-13-3-2-10(6-12(13)15(16)17)7-14-8-11-4-5-19-9-11/h2-6,9,14H,7-8H2,1H3. The van der Waals surface area contributed by atoms with Crippen molar-refractivity contribution >= 4 is 5.69 Å². The first-order chi connectivity index (χ1) is 9.20. The molecule has 0 spiro atoms. The second-order valence-corrected chi connectivity index (χ2v) is 4.00. The molecule has 0 saturated heterocycles. The van der Waals surface area contributed by atoms with Crippen LogP contribution in [0.4, 0.5) is 5.69 Å². The van der Waals surface area contributed by atoms with Crippen LogP contribution < -0.4 is 10.1 Å². The zero-order chi connectivity index (χ0) is 13.7. The minimum absolute atomic E-state index is 0.0230. The molecule has 0 saturated carbocycles. The first-order valence-electron chi connectivity index (χ1n) is 5.74. The summed E-state index contributed by atoms with van der Waals surface area (Å²) in [5.41, 5.74) is 1.84. The maximum atomic E-state index is 10.9. The molecule has 0 bridgehead atoms. The second kappa shape index (κ2) is 6.01. The number of nitro groups is 1. The summed E-state index contributed by atoms with van der Waals surface area (Å²) in [4.78, 5) is 10.4. The summed E-state index contributed by atoms with van der Waals surface area (Å²) in [7, 11) is 1.42. The average molecular weight is 262 g/mol. The third-order valence-corrected chi connectivity index (χ3v) is 2.68. The molecule has 2 rings (SSSR count). The van der Waals surface area contributed by atoms with Crippen molar-refractivity contribution in [3.05, 3.63) is 58.0 Å². The minimum atomic E-state index is -0.446. The Hall–Kier alpha value is -2.34. The average Bonchev–Trinajstić information content (AvgIpc) is 2.91. The summed E-state index contributed by atoms with van der Waals surface area (Å²) in [6.07, 6.45) is 3.26. The van der Waals surface area contributed by atoms with Crippen LogP contribution in [-0.2, 0) is 13.1 Å². The normalized spacial score (nSPS) is 10.4. The quantitative estimate of drug-likeness (QED) is 0.639. The van der Waals surface area contributed by atoms with Crippen LogP contribution in [0, 0.1) is 10.1 Å². The first-order valence-corrected chi connectivity index (χ1v) is 5.74. The number of hydrogen-bond donors (Lipinski definition) is 1. The zero-order valence-electron chi connectivity index (χ0n) is 10.5. The largest absolute Gasteiger partial charge is 0.490 e. The topological polar surface area (TPSA) is 77.5 Å². The maximum Gasteiger partial charge on any atom is 0.311 e. The van der Waals surface area contributed by atoms with Crippen molar-refractivity contribution in [2.45, 2.75) is 13.1 Å². The highest BCUT2D eigenvalue weighted by atomic mass is 16.6. The van der Waals surface area contributed by atoms with Crippen LogP contribution in [0.1, 0.15) is 11.1 Å². The molecule has 0 radical (unpaired) electrons. The van der Waals surface area contributed by atoms with E-state index >= 15 is 0 Å². The van der Waals surface area contributed by atoms with Crippen LogP contribution >= 0.6 is 0 Å². The number of ether oxygens (including phenoxy) is 1. The summed E-state index contributed by atoms with van der Waals surface area (Å²) >= 11 is 0. The maximum absolute atomic E-state index is 10.9. The Kier molecular flexibility index (Phi) is 4.15. The van der Waals surface area contributed by atoms with Gasteiger partial charge in [-0.1, -0.05) is 6.07 Å². The lowest BCUT2D eigenvalue weighted by atomic mass is 10.2. The molecule has 1 aromatic heterocycles. The molecule has 6 heteroatoms. The van der Waals surface area contributed by atoms with Crippen LogP contribution in [0.15, 0.2) is 41.2 Å². The van der Waals surface area contributed by atoms with Crippen LogP contribution in [-0.4, -0.2) is 12.0 Å². The fourth-order valence-electron chi connectivity index (χ4n) is 1.73. The van der Waals surface area contributed by atoms with Gasteiger partial charge in [0.2, 0.25) is 0 Å². The SMILES string of the molecule is COc1ccc(CNCc2ccoc2)cc1[N+](=O)[O-]. The third kappa shape index (κ3) is 3.32. The minimum Gasteiger partial charge on any atom is -0.490 e. The van der Waals surface area contributed by atoms with E-state index in [2.05, 4.69) is 5.32 Å². The number of nitrogens with one attached hydrogen (secondary N) is 1. The smallest absolute Gasteiger partial charge is 0.311 e. The fourth-order valence-corrected chi connectivity index (χ4v) is 1.73. The molecule has 0 fully saturated rings. The molecule has 0 aliphatic rings. The summed E-state index contributed by atoms with van der Waals surface area (Å²) < 4.78 is 9.90. The number of nitro benzene ring substituents is 1. The Bertz CT molecular complexity index is 552. The summed E-state index contributed by atoms with van der Waals surface area (Å²) in [6.45, 7) is 1.19. The van der Waals surface area contributed by atoms with Gasteiger partial charge in [-0.2, -0.15) is 0 Å². The summed E-state index contributed by atoms with van der Waals surface area (Å²) in [5.74, 6) is 0.267. The third-order valence-electron chi connectivity index (χ3n) is 2.68. The van der Waals surface area contributed by atoms with E-state index in [0.717, 1.165) is 11.1 Å². The molecule has 0 amide bonds. The highest BCUT2D eigenvalue weighted by molar-refractivity contribution is 5.48. The van der Waals surface area contributed by atoms with E-state index in [1.165, 1.54) is 13.2 Å². The molecule has 0 aliphatic heterocycles. The van der Waals surface area contributed by atoms with E-state index in [4.69, 9.17) is 9.15 Å². The van der Waals surface area contributed by atoms with Gasteiger partial charge in [-0.15, -0.1) is 0 Å². The molecular formula is C13H14N2O4. The molecule has 1 aromatic carbocycles. The summed E-state index contributed by atoms with van der Waals surface area (Å²) in [6, 6.07) is 6.78. The molecule has 1 heterocycles. The van der Waals surface area contributed by atoms with Crippen molar-refractivity contribution in [1.29, 1.82) is 0 Å². The lowest BCUT2D eigenvalue weighted by Crippen LogP contribution is -2.12. The van der Waals surface area contributed by atoms with Gasteiger partial charge in [0.1, 0.15) is 0 Å². The number of hydrogen-bond acceptors (Lipinski definition) is 5. The van der Waals surface area contributed by atoms with Crippen LogP contribution in [0.2, 0.25) is 0 Å². The van der Waals surface area contributed by atoms with Gasteiger partial charge in [0, 0.05) is 24.7 Å². The summed E-state index contributed by atoms with van der Waals surface area (Å²) in [5, 5.41) is 14.1. The second-order valence-electron chi connectivity index (χ2n) is 4.00. The van der Waals surface area contributed by atoms with Crippen LogP contribution in [0.3, 0.4) is 0 Å². The Balaban J connectivity index is 2.00.